The molecule has 0 saturated carbocycles. The highest BCUT2D eigenvalue weighted by Crippen LogP contribution is 2.20. The van der Waals surface area contributed by atoms with Gasteiger partial charge >= 0.3 is 0 Å². The Bertz CT molecular complexity index is 1050. The topological polar surface area (TPSA) is 68.9 Å². The molecule has 3 rings (SSSR count). The number of pyridine rings is 1. The summed E-state index contributed by atoms with van der Waals surface area (Å²) in [6.45, 7) is 5.18. The molecule has 0 fully saturated rings. The molecule has 0 radical (unpaired) electrons. The molecule has 7 heteroatoms. The molecule has 1 aromatic carbocycles. The first-order valence-corrected chi connectivity index (χ1v) is 7.87. The van der Waals surface area contributed by atoms with Gasteiger partial charge in [0.05, 0.1) is 5.69 Å². The minimum Gasteiger partial charge on any atom is -0.324 e. The van der Waals surface area contributed by atoms with E-state index in [-0.39, 0.29) is 12.1 Å². The second-order valence-corrected chi connectivity index (χ2v) is 6.17. The Hall–Kier alpha value is -2.96. The summed E-state index contributed by atoms with van der Waals surface area (Å²) >= 11 is 0. The lowest BCUT2D eigenvalue weighted by molar-refractivity contribution is -0.116. The highest BCUT2D eigenvalue weighted by atomic mass is 19.1. The number of hydrogen-bond acceptors (Lipinski definition) is 3. The number of anilines is 1. The van der Waals surface area contributed by atoms with Crippen LogP contribution in [0.2, 0.25) is 0 Å². The van der Waals surface area contributed by atoms with E-state index in [4.69, 9.17) is 0 Å². The largest absolute Gasteiger partial charge is 0.324 e. The maximum absolute atomic E-state index is 13.6. The van der Waals surface area contributed by atoms with Crippen LogP contribution in [0.5, 0.6) is 0 Å². The number of carbonyl (C=O) groups is 1. The van der Waals surface area contributed by atoms with Crippen LogP contribution in [0.15, 0.2) is 29.1 Å². The lowest BCUT2D eigenvalue weighted by Gasteiger charge is -2.11. The van der Waals surface area contributed by atoms with E-state index in [2.05, 4.69) is 10.4 Å². The average molecular weight is 342 g/mol. The molecule has 0 unspecified atom stereocenters. The van der Waals surface area contributed by atoms with Gasteiger partial charge in [-0.3, -0.25) is 18.8 Å². The lowest BCUT2D eigenvalue weighted by atomic mass is 10.1. The maximum atomic E-state index is 13.6. The van der Waals surface area contributed by atoms with Crippen LogP contribution < -0.4 is 10.9 Å². The molecule has 1 N–H and O–H groups in total. The number of rotatable bonds is 3. The zero-order valence-corrected chi connectivity index (χ0v) is 14.6. The smallest absolute Gasteiger partial charge is 0.252 e. The van der Waals surface area contributed by atoms with E-state index in [1.165, 1.54) is 16.7 Å². The normalized spacial score (nSPS) is 11.1. The molecule has 0 bridgehead atoms. The third-order valence-electron chi connectivity index (χ3n) is 4.21. The molecule has 0 spiro atoms. The fourth-order valence-corrected chi connectivity index (χ4v) is 3.02. The molecule has 1 amide bonds. The standard InChI is InChI=1S/C18H19FN4O2/c1-10-5-6-13(8-14(10)19)20-15(24)9-23-16(25)7-11(2)17-12(3)21-22(4)18(17)23/h5-8H,9H2,1-4H3,(H,20,24). The van der Waals surface area contributed by atoms with E-state index < -0.39 is 11.7 Å². The van der Waals surface area contributed by atoms with Crippen molar-refractivity contribution in [1.82, 2.24) is 14.3 Å². The summed E-state index contributed by atoms with van der Waals surface area (Å²) in [4.78, 5) is 24.7. The van der Waals surface area contributed by atoms with Gasteiger partial charge in [0.2, 0.25) is 5.91 Å². The second kappa shape index (κ2) is 6.16. The molecule has 3 aromatic rings. The SMILES string of the molecule is Cc1ccc(NC(=O)Cn2c(=O)cc(C)c3c(C)nn(C)c32)cc1F. The van der Waals surface area contributed by atoms with E-state index in [1.54, 1.807) is 30.8 Å². The Kier molecular flexibility index (Phi) is 4.16. The number of fused-ring (bicyclic) bond motifs is 1. The van der Waals surface area contributed by atoms with Crippen molar-refractivity contribution in [3.05, 3.63) is 57.3 Å². The van der Waals surface area contributed by atoms with Crippen LogP contribution >= 0.6 is 0 Å². The number of amides is 1. The predicted octanol–water partition coefficient (Wildman–Crippen LogP) is 2.44. The molecule has 0 aliphatic carbocycles. The highest BCUT2D eigenvalue weighted by Gasteiger charge is 2.16. The fourth-order valence-electron chi connectivity index (χ4n) is 3.02. The van der Waals surface area contributed by atoms with E-state index >= 15 is 0 Å². The van der Waals surface area contributed by atoms with Gasteiger partial charge in [-0.15, -0.1) is 0 Å². The van der Waals surface area contributed by atoms with Gasteiger partial charge in [-0.2, -0.15) is 5.10 Å². The van der Waals surface area contributed by atoms with Crippen molar-refractivity contribution < 1.29 is 9.18 Å². The molecule has 2 aromatic heterocycles. The summed E-state index contributed by atoms with van der Waals surface area (Å²) < 4.78 is 16.6. The van der Waals surface area contributed by atoms with Crippen molar-refractivity contribution in [1.29, 1.82) is 0 Å². The summed E-state index contributed by atoms with van der Waals surface area (Å²) in [7, 11) is 1.73. The Balaban J connectivity index is 1.96. The van der Waals surface area contributed by atoms with Crippen molar-refractivity contribution >= 4 is 22.6 Å². The van der Waals surface area contributed by atoms with Crippen LogP contribution in [0, 0.1) is 26.6 Å². The Morgan fingerprint density at radius 3 is 2.60 bits per heavy atom. The summed E-state index contributed by atoms with van der Waals surface area (Å²) in [5, 5.41) is 7.82. The third kappa shape index (κ3) is 3.05. The van der Waals surface area contributed by atoms with E-state index in [1.807, 2.05) is 13.8 Å². The van der Waals surface area contributed by atoms with Gasteiger partial charge in [-0.1, -0.05) is 6.07 Å². The van der Waals surface area contributed by atoms with Gasteiger partial charge in [-0.25, -0.2) is 4.39 Å². The lowest BCUT2D eigenvalue weighted by Crippen LogP contribution is -2.28. The quantitative estimate of drug-likeness (QED) is 0.795. The molecule has 0 aliphatic heterocycles. The van der Waals surface area contributed by atoms with Gasteiger partial charge in [-0.05, 0) is 44.0 Å². The Labute approximate surface area is 143 Å². The first-order valence-electron chi connectivity index (χ1n) is 7.87. The maximum Gasteiger partial charge on any atom is 0.252 e. The first kappa shape index (κ1) is 16.9. The van der Waals surface area contributed by atoms with E-state index in [0.29, 0.717) is 16.9 Å². The minimum absolute atomic E-state index is 0.177. The van der Waals surface area contributed by atoms with Crippen molar-refractivity contribution in [3.8, 4) is 0 Å². The van der Waals surface area contributed by atoms with Crippen molar-refractivity contribution in [3.63, 3.8) is 0 Å². The summed E-state index contributed by atoms with van der Waals surface area (Å²) in [5.74, 6) is -0.802. The number of carbonyl (C=O) groups excluding carboxylic acids is 1. The fraction of sp³-hybridized carbons (Fsp3) is 0.278. The van der Waals surface area contributed by atoms with Gasteiger partial charge in [0.25, 0.3) is 5.56 Å². The summed E-state index contributed by atoms with van der Waals surface area (Å²) in [6, 6.07) is 5.97. The van der Waals surface area contributed by atoms with Gasteiger partial charge < -0.3 is 5.32 Å². The molecule has 0 aliphatic rings. The molecular formula is C18H19FN4O2. The van der Waals surface area contributed by atoms with Crippen LogP contribution in [0.3, 0.4) is 0 Å². The molecule has 2 heterocycles. The highest BCUT2D eigenvalue weighted by molar-refractivity contribution is 5.92. The zero-order valence-electron chi connectivity index (χ0n) is 14.6. The molecule has 6 nitrogen and oxygen atoms in total. The Morgan fingerprint density at radius 2 is 1.92 bits per heavy atom. The van der Waals surface area contributed by atoms with E-state index in [9.17, 15) is 14.0 Å². The predicted molar refractivity (Wildman–Crippen MR) is 94.2 cm³/mol. The third-order valence-corrected chi connectivity index (χ3v) is 4.21. The summed E-state index contributed by atoms with van der Waals surface area (Å²) in [5.41, 5.74) is 2.78. The first-order chi connectivity index (χ1) is 11.8. The zero-order chi connectivity index (χ0) is 18.3. The number of nitrogens with one attached hydrogen (secondary N) is 1. The van der Waals surface area contributed by atoms with Crippen LogP contribution in [-0.4, -0.2) is 20.3 Å². The minimum atomic E-state index is -0.408. The number of aromatic nitrogens is 3. The van der Waals surface area contributed by atoms with Crippen molar-refractivity contribution in [2.45, 2.75) is 27.3 Å². The van der Waals surface area contributed by atoms with Gasteiger partial charge in [0, 0.05) is 24.2 Å². The molecular weight excluding hydrogens is 323 g/mol. The van der Waals surface area contributed by atoms with Crippen molar-refractivity contribution in [2.24, 2.45) is 7.05 Å². The molecule has 130 valence electrons. The van der Waals surface area contributed by atoms with Gasteiger partial charge in [0.1, 0.15) is 18.0 Å². The summed E-state index contributed by atoms with van der Waals surface area (Å²) in [6.07, 6.45) is 0. The van der Waals surface area contributed by atoms with E-state index in [0.717, 1.165) is 16.6 Å². The molecule has 0 atom stereocenters. The van der Waals surface area contributed by atoms with Crippen LogP contribution in [0.1, 0.15) is 16.8 Å². The number of aryl methyl sites for hydroxylation is 4. The Morgan fingerprint density at radius 1 is 1.20 bits per heavy atom. The number of benzene rings is 1. The molecule has 0 saturated heterocycles. The van der Waals surface area contributed by atoms with Crippen LogP contribution in [0.25, 0.3) is 11.0 Å². The van der Waals surface area contributed by atoms with Crippen LogP contribution in [-0.2, 0) is 18.4 Å². The van der Waals surface area contributed by atoms with Crippen LogP contribution in [0.4, 0.5) is 10.1 Å². The monoisotopic (exact) mass is 342 g/mol. The van der Waals surface area contributed by atoms with Gasteiger partial charge in [0.15, 0.2) is 0 Å². The number of nitrogens with zero attached hydrogens (tertiary/aromatic N) is 3. The second-order valence-electron chi connectivity index (χ2n) is 6.17. The molecule has 25 heavy (non-hydrogen) atoms. The number of hydrogen-bond donors (Lipinski definition) is 1. The average Bonchev–Trinajstić information content (AvgIpc) is 2.82. The van der Waals surface area contributed by atoms with Crippen molar-refractivity contribution in [2.75, 3.05) is 5.32 Å². The number of halogens is 1.